The highest BCUT2D eigenvalue weighted by atomic mass is 32.1. The van der Waals surface area contributed by atoms with Crippen molar-refractivity contribution < 1.29 is 4.74 Å². The van der Waals surface area contributed by atoms with Gasteiger partial charge in [-0.3, -0.25) is 0 Å². The first-order valence-corrected chi connectivity index (χ1v) is 8.67. The minimum absolute atomic E-state index is 0.820. The van der Waals surface area contributed by atoms with Crippen molar-refractivity contribution in [2.24, 2.45) is 0 Å². The number of thiazole rings is 1. The first-order valence-electron chi connectivity index (χ1n) is 7.85. The van der Waals surface area contributed by atoms with E-state index in [-0.39, 0.29) is 0 Å². The normalized spacial score (nSPS) is 11.1. The van der Waals surface area contributed by atoms with E-state index < -0.39 is 0 Å². The van der Waals surface area contributed by atoms with Crippen molar-refractivity contribution in [2.45, 2.75) is 33.6 Å². The summed E-state index contributed by atoms with van der Waals surface area (Å²) in [4.78, 5) is 6.17. The number of ether oxygens (including phenoxy) is 1. The van der Waals surface area contributed by atoms with E-state index in [9.17, 15) is 0 Å². The molecule has 1 aromatic carbocycles. The molecule has 0 saturated carbocycles. The van der Waals surface area contributed by atoms with Gasteiger partial charge >= 0.3 is 0 Å². The van der Waals surface area contributed by atoms with Gasteiger partial charge in [0.15, 0.2) is 0 Å². The molecular formula is C18H26N2OS. The van der Waals surface area contributed by atoms with Gasteiger partial charge in [0.05, 0.1) is 10.7 Å². The van der Waals surface area contributed by atoms with E-state index in [0.717, 1.165) is 38.2 Å². The summed E-state index contributed by atoms with van der Waals surface area (Å²) >= 11 is 1.81. The van der Waals surface area contributed by atoms with Gasteiger partial charge in [-0.2, -0.15) is 0 Å². The molecule has 1 N–H and O–H groups in total. The molecule has 0 radical (unpaired) electrons. The molecule has 3 nitrogen and oxygen atoms in total. The molecule has 0 spiro atoms. The zero-order valence-corrected chi connectivity index (χ0v) is 14.8. The molecule has 0 atom stereocenters. The highest BCUT2D eigenvalue weighted by molar-refractivity contribution is 7.12. The number of nitrogens with one attached hydrogen (secondary N) is 1. The molecule has 0 aliphatic carbocycles. The molecular weight excluding hydrogens is 292 g/mol. The standard InChI is InChI=1S/C18H26N2OS/c1-13-6-7-16(14(2)12-13)18-15(3)22-17(20-18)8-10-19-9-5-11-21-4/h6-7,12,19H,5,8-11H2,1-4H3. The highest BCUT2D eigenvalue weighted by Crippen LogP contribution is 2.30. The summed E-state index contributed by atoms with van der Waals surface area (Å²) in [6, 6.07) is 6.59. The Morgan fingerprint density at radius 3 is 2.73 bits per heavy atom. The van der Waals surface area contributed by atoms with Crippen molar-refractivity contribution in [1.82, 2.24) is 10.3 Å². The molecule has 1 heterocycles. The summed E-state index contributed by atoms with van der Waals surface area (Å²) < 4.78 is 5.04. The highest BCUT2D eigenvalue weighted by Gasteiger charge is 2.11. The molecule has 0 bridgehead atoms. The molecule has 4 heteroatoms. The summed E-state index contributed by atoms with van der Waals surface area (Å²) in [6.45, 7) is 9.26. The molecule has 0 aliphatic rings. The van der Waals surface area contributed by atoms with E-state index in [2.05, 4.69) is 44.3 Å². The Balaban J connectivity index is 1.96. The lowest BCUT2D eigenvalue weighted by Crippen LogP contribution is -2.19. The van der Waals surface area contributed by atoms with Gasteiger partial charge < -0.3 is 10.1 Å². The first-order chi connectivity index (χ1) is 10.6. The molecule has 0 unspecified atom stereocenters. The molecule has 0 saturated heterocycles. The van der Waals surface area contributed by atoms with Crippen molar-refractivity contribution in [2.75, 3.05) is 26.8 Å². The van der Waals surface area contributed by atoms with E-state index in [1.54, 1.807) is 7.11 Å². The van der Waals surface area contributed by atoms with Crippen LogP contribution in [0, 0.1) is 20.8 Å². The fourth-order valence-electron chi connectivity index (χ4n) is 2.55. The fraction of sp³-hybridized carbons (Fsp3) is 0.500. The molecule has 2 aromatic rings. The lowest BCUT2D eigenvalue weighted by atomic mass is 10.0. The quantitative estimate of drug-likeness (QED) is 0.750. The van der Waals surface area contributed by atoms with Gasteiger partial charge in [-0.1, -0.05) is 23.8 Å². The number of aryl methyl sites for hydroxylation is 3. The Morgan fingerprint density at radius 1 is 1.18 bits per heavy atom. The van der Waals surface area contributed by atoms with Crippen LogP contribution in [0.25, 0.3) is 11.3 Å². The minimum Gasteiger partial charge on any atom is -0.385 e. The monoisotopic (exact) mass is 318 g/mol. The summed E-state index contributed by atoms with van der Waals surface area (Å²) in [6.07, 6.45) is 2.05. The molecule has 22 heavy (non-hydrogen) atoms. The van der Waals surface area contributed by atoms with Crippen LogP contribution < -0.4 is 5.32 Å². The second kappa shape index (κ2) is 8.42. The lowest BCUT2D eigenvalue weighted by molar-refractivity contribution is 0.194. The van der Waals surface area contributed by atoms with E-state index >= 15 is 0 Å². The topological polar surface area (TPSA) is 34.1 Å². The lowest BCUT2D eigenvalue weighted by Gasteiger charge is -2.05. The zero-order valence-electron chi connectivity index (χ0n) is 14.0. The third-order valence-corrected chi connectivity index (χ3v) is 4.73. The molecule has 1 aromatic heterocycles. The van der Waals surface area contributed by atoms with Crippen LogP contribution in [0.5, 0.6) is 0 Å². The number of nitrogens with zero attached hydrogens (tertiary/aromatic N) is 1. The van der Waals surface area contributed by atoms with Crippen LogP contribution in [0.2, 0.25) is 0 Å². The summed E-state index contributed by atoms with van der Waals surface area (Å²) in [5, 5.41) is 4.66. The second-order valence-corrected chi connectivity index (χ2v) is 6.96. The first kappa shape index (κ1) is 17.1. The molecule has 0 aliphatic heterocycles. The molecule has 0 fully saturated rings. The molecule has 0 amide bonds. The molecule has 2 rings (SSSR count). The van der Waals surface area contributed by atoms with E-state index in [0.29, 0.717) is 0 Å². The van der Waals surface area contributed by atoms with Crippen LogP contribution >= 0.6 is 11.3 Å². The Bertz CT molecular complexity index is 607. The number of methoxy groups -OCH3 is 1. The minimum atomic E-state index is 0.820. The molecule has 120 valence electrons. The van der Waals surface area contributed by atoms with Crippen molar-refractivity contribution >= 4 is 11.3 Å². The van der Waals surface area contributed by atoms with Crippen molar-refractivity contribution in [3.8, 4) is 11.3 Å². The SMILES string of the molecule is COCCCNCCc1nc(-c2ccc(C)cc2C)c(C)s1. The van der Waals surface area contributed by atoms with Crippen LogP contribution in [0.3, 0.4) is 0 Å². The van der Waals surface area contributed by atoms with Gasteiger partial charge in [-0.15, -0.1) is 11.3 Å². The Hall–Kier alpha value is -1.23. The summed E-state index contributed by atoms with van der Waals surface area (Å²) in [5.74, 6) is 0. The second-order valence-electron chi connectivity index (χ2n) is 5.68. The van der Waals surface area contributed by atoms with Crippen LogP contribution in [0.1, 0.15) is 27.4 Å². The summed E-state index contributed by atoms with van der Waals surface area (Å²) in [5.41, 5.74) is 5.02. The Morgan fingerprint density at radius 2 is 2.00 bits per heavy atom. The van der Waals surface area contributed by atoms with Gasteiger partial charge in [0.1, 0.15) is 0 Å². The smallest absolute Gasteiger partial charge is 0.0948 e. The maximum atomic E-state index is 5.04. The predicted octanol–water partition coefficient (Wildman–Crippen LogP) is 3.90. The fourth-order valence-corrected chi connectivity index (χ4v) is 3.50. The number of rotatable bonds is 8. The third-order valence-electron chi connectivity index (χ3n) is 3.70. The van der Waals surface area contributed by atoms with E-state index in [1.807, 2.05) is 11.3 Å². The number of benzene rings is 1. The van der Waals surface area contributed by atoms with Crippen molar-refractivity contribution in [1.29, 1.82) is 0 Å². The van der Waals surface area contributed by atoms with Gasteiger partial charge in [0.25, 0.3) is 0 Å². The Labute approximate surface area is 137 Å². The van der Waals surface area contributed by atoms with Crippen LogP contribution in [-0.4, -0.2) is 31.8 Å². The van der Waals surface area contributed by atoms with Crippen molar-refractivity contribution in [3.63, 3.8) is 0 Å². The largest absolute Gasteiger partial charge is 0.385 e. The zero-order chi connectivity index (χ0) is 15.9. The number of hydrogen-bond donors (Lipinski definition) is 1. The average Bonchev–Trinajstić information content (AvgIpc) is 2.84. The van der Waals surface area contributed by atoms with Crippen molar-refractivity contribution in [3.05, 3.63) is 39.2 Å². The van der Waals surface area contributed by atoms with E-state index in [4.69, 9.17) is 9.72 Å². The van der Waals surface area contributed by atoms with E-state index in [1.165, 1.54) is 26.6 Å². The number of aromatic nitrogens is 1. The maximum Gasteiger partial charge on any atom is 0.0948 e. The Kier molecular flexibility index (Phi) is 6.55. The van der Waals surface area contributed by atoms with Gasteiger partial charge in [0.2, 0.25) is 0 Å². The van der Waals surface area contributed by atoms with Gasteiger partial charge in [0, 0.05) is 37.1 Å². The van der Waals surface area contributed by atoms with Gasteiger partial charge in [-0.25, -0.2) is 4.98 Å². The summed E-state index contributed by atoms with van der Waals surface area (Å²) in [7, 11) is 1.74. The predicted molar refractivity (Wildman–Crippen MR) is 94.8 cm³/mol. The van der Waals surface area contributed by atoms with Gasteiger partial charge in [-0.05, 0) is 39.3 Å². The number of hydrogen-bond acceptors (Lipinski definition) is 4. The maximum absolute atomic E-state index is 5.04. The average molecular weight is 318 g/mol. The van der Waals surface area contributed by atoms with Crippen LogP contribution in [-0.2, 0) is 11.2 Å². The van der Waals surface area contributed by atoms with Crippen LogP contribution in [0.4, 0.5) is 0 Å². The third kappa shape index (κ3) is 4.63. The van der Waals surface area contributed by atoms with Crippen LogP contribution in [0.15, 0.2) is 18.2 Å².